The molecule has 2 aromatic carbocycles. The number of hydrogen-bond acceptors (Lipinski definition) is 3. The minimum absolute atomic E-state index is 0.162. The van der Waals surface area contributed by atoms with Crippen molar-refractivity contribution in [2.75, 3.05) is 6.54 Å². The molecule has 0 saturated carbocycles. The molecule has 0 fully saturated rings. The Balaban J connectivity index is 2.32. The van der Waals surface area contributed by atoms with Crippen LogP contribution in [0.2, 0.25) is 0 Å². The summed E-state index contributed by atoms with van der Waals surface area (Å²) < 4.78 is 26.4. The van der Waals surface area contributed by atoms with E-state index in [0.29, 0.717) is 6.29 Å². The van der Waals surface area contributed by atoms with Crippen molar-refractivity contribution < 1.29 is 13.2 Å². The van der Waals surface area contributed by atoms with E-state index in [1.165, 1.54) is 4.31 Å². The molecule has 0 atom stereocenters. The zero-order valence-electron chi connectivity index (χ0n) is 11.8. The van der Waals surface area contributed by atoms with Crippen LogP contribution in [0.15, 0.2) is 59.5 Å². The van der Waals surface area contributed by atoms with Crippen molar-refractivity contribution in [3.8, 4) is 0 Å². The van der Waals surface area contributed by atoms with Gasteiger partial charge in [0.1, 0.15) is 6.29 Å². The summed E-state index contributed by atoms with van der Waals surface area (Å²) in [6.45, 7) is 1.91. The Bertz CT molecular complexity index is 694. The fourth-order valence-electron chi connectivity index (χ4n) is 1.98. The first-order chi connectivity index (χ1) is 10.0. The second kappa shape index (κ2) is 6.65. The zero-order chi connectivity index (χ0) is 15.3. The molecule has 0 heterocycles. The highest BCUT2D eigenvalue weighted by Gasteiger charge is 2.24. The van der Waals surface area contributed by atoms with E-state index in [0.717, 1.165) is 11.1 Å². The molecule has 0 saturated heterocycles. The lowest BCUT2D eigenvalue weighted by Gasteiger charge is -2.20. The Labute approximate surface area is 125 Å². The minimum Gasteiger partial charge on any atom is -0.302 e. The molecular formula is C16H17NO3S. The number of carbonyl (C=O) groups excluding carboxylic acids is 1. The first kappa shape index (κ1) is 15.4. The SMILES string of the molecule is Cc1ccc(S(=O)(=O)N(CC=O)Cc2ccccc2)cc1. The van der Waals surface area contributed by atoms with Gasteiger partial charge in [-0.2, -0.15) is 4.31 Å². The van der Waals surface area contributed by atoms with Crippen molar-refractivity contribution in [2.24, 2.45) is 0 Å². The second-order valence-corrected chi connectivity index (χ2v) is 6.70. The van der Waals surface area contributed by atoms with Gasteiger partial charge in [0.2, 0.25) is 10.0 Å². The fraction of sp³-hybridized carbons (Fsp3) is 0.188. The number of rotatable bonds is 6. The molecular weight excluding hydrogens is 286 g/mol. The standard InChI is InChI=1S/C16H17NO3S/c1-14-7-9-16(10-8-14)21(19,20)17(11-12-18)13-15-5-3-2-4-6-15/h2-10,12H,11,13H2,1H3. The van der Waals surface area contributed by atoms with Gasteiger partial charge >= 0.3 is 0 Å². The Morgan fingerprint density at radius 3 is 2.19 bits per heavy atom. The third-order valence-electron chi connectivity index (χ3n) is 3.14. The molecule has 21 heavy (non-hydrogen) atoms. The van der Waals surface area contributed by atoms with E-state index < -0.39 is 10.0 Å². The summed E-state index contributed by atoms with van der Waals surface area (Å²) in [7, 11) is -3.68. The molecule has 110 valence electrons. The van der Waals surface area contributed by atoms with Crippen LogP contribution in [0.5, 0.6) is 0 Å². The Hall–Kier alpha value is -1.98. The lowest BCUT2D eigenvalue weighted by molar-refractivity contribution is -0.108. The van der Waals surface area contributed by atoms with Gasteiger partial charge in [-0.3, -0.25) is 0 Å². The van der Waals surface area contributed by atoms with Gasteiger partial charge in [-0.05, 0) is 24.6 Å². The molecule has 0 aliphatic rings. The molecule has 0 aliphatic carbocycles. The number of sulfonamides is 1. The summed E-state index contributed by atoms with van der Waals surface area (Å²) in [6.07, 6.45) is 0.606. The molecule has 0 N–H and O–H groups in total. The topological polar surface area (TPSA) is 54.5 Å². The molecule has 2 rings (SSSR count). The van der Waals surface area contributed by atoms with Gasteiger partial charge in [-0.25, -0.2) is 8.42 Å². The van der Waals surface area contributed by atoms with E-state index in [9.17, 15) is 13.2 Å². The highest BCUT2D eigenvalue weighted by atomic mass is 32.2. The maximum Gasteiger partial charge on any atom is 0.243 e. The van der Waals surface area contributed by atoms with Gasteiger partial charge < -0.3 is 4.79 Å². The Morgan fingerprint density at radius 2 is 1.62 bits per heavy atom. The van der Waals surface area contributed by atoms with Crippen LogP contribution in [0.3, 0.4) is 0 Å². The molecule has 0 bridgehead atoms. The summed E-state index contributed by atoms with van der Waals surface area (Å²) in [6, 6.07) is 15.8. The molecule has 0 aromatic heterocycles. The summed E-state index contributed by atoms with van der Waals surface area (Å²) in [5.74, 6) is 0. The predicted molar refractivity (Wildman–Crippen MR) is 81.3 cm³/mol. The number of aldehydes is 1. The Kier molecular flexibility index (Phi) is 4.88. The summed E-state index contributed by atoms with van der Waals surface area (Å²) in [5, 5.41) is 0. The van der Waals surface area contributed by atoms with Crippen molar-refractivity contribution in [3.05, 3.63) is 65.7 Å². The minimum atomic E-state index is -3.68. The van der Waals surface area contributed by atoms with Crippen LogP contribution in [0.4, 0.5) is 0 Å². The van der Waals surface area contributed by atoms with Gasteiger partial charge in [-0.15, -0.1) is 0 Å². The first-order valence-electron chi connectivity index (χ1n) is 6.58. The highest BCUT2D eigenvalue weighted by Crippen LogP contribution is 2.18. The molecule has 2 aromatic rings. The quantitative estimate of drug-likeness (QED) is 0.770. The maximum atomic E-state index is 12.6. The molecule has 5 heteroatoms. The molecule has 0 radical (unpaired) electrons. The van der Waals surface area contributed by atoms with Crippen molar-refractivity contribution in [3.63, 3.8) is 0 Å². The summed E-state index contributed by atoms with van der Waals surface area (Å²) >= 11 is 0. The van der Waals surface area contributed by atoms with E-state index in [4.69, 9.17) is 0 Å². The van der Waals surface area contributed by atoms with E-state index in [-0.39, 0.29) is 18.0 Å². The van der Waals surface area contributed by atoms with Crippen molar-refractivity contribution >= 4 is 16.3 Å². The van der Waals surface area contributed by atoms with Crippen LogP contribution in [0, 0.1) is 6.92 Å². The lowest BCUT2D eigenvalue weighted by Crippen LogP contribution is -2.32. The number of aryl methyl sites for hydroxylation is 1. The van der Waals surface area contributed by atoms with Gasteiger partial charge in [0.15, 0.2) is 0 Å². The third-order valence-corrected chi connectivity index (χ3v) is 4.96. The smallest absolute Gasteiger partial charge is 0.243 e. The van der Waals surface area contributed by atoms with Gasteiger partial charge in [0, 0.05) is 6.54 Å². The normalized spacial score (nSPS) is 11.5. The zero-order valence-corrected chi connectivity index (χ0v) is 12.6. The monoisotopic (exact) mass is 303 g/mol. The summed E-state index contributed by atoms with van der Waals surface area (Å²) in [5.41, 5.74) is 1.83. The average Bonchev–Trinajstić information content (AvgIpc) is 2.48. The van der Waals surface area contributed by atoms with Gasteiger partial charge in [-0.1, -0.05) is 48.0 Å². The molecule has 0 aliphatic heterocycles. The van der Waals surface area contributed by atoms with Crippen LogP contribution in [-0.4, -0.2) is 25.6 Å². The van der Waals surface area contributed by atoms with Crippen LogP contribution in [-0.2, 0) is 21.4 Å². The number of carbonyl (C=O) groups is 1. The van der Waals surface area contributed by atoms with E-state index in [1.54, 1.807) is 24.3 Å². The molecule has 0 spiro atoms. The van der Waals surface area contributed by atoms with Crippen molar-refractivity contribution in [1.82, 2.24) is 4.31 Å². The number of hydrogen-bond donors (Lipinski definition) is 0. The van der Waals surface area contributed by atoms with Crippen molar-refractivity contribution in [1.29, 1.82) is 0 Å². The van der Waals surface area contributed by atoms with Gasteiger partial charge in [0.05, 0.1) is 11.4 Å². The Morgan fingerprint density at radius 1 is 1.00 bits per heavy atom. The summed E-state index contributed by atoms with van der Waals surface area (Å²) in [4.78, 5) is 11.0. The third kappa shape index (κ3) is 3.77. The van der Waals surface area contributed by atoms with E-state index in [2.05, 4.69) is 0 Å². The van der Waals surface area contributed by atoms with Gasteiger partial charge in [0.25, 0.3) is 0 Å². The average molecular weight is 303 g/mol. The lowest BCUT2D eigenvalue weighted by atomic mass is 10.2. The number of nitrogens with zero attached hydrogens (tertiary/aromatic N) is 1. The van der Waals surface area contributed by atoms with Crippen LogP contribution < -0.4 is 0 Å². The van der Waals surface area contributed by atoms with Crippen LogP contribution in [0.1, 0.15) is 11.1 Å². The second-order valence-electron chi connectivity index (χ2n) is 4.76. The van der Waals surface area contributed by atoms with Crippen LogP contribution >= 0.6 is 0 Å². The number of benzene rings is 2. The van der Waals surface area contributed by atoms with Crippen molar-refractivity contribution in [2.45, 2.75) is 18.4 Å². The molecule has 4 nitrogen and oxygen atoms in total. The van der Waals surface area contributed by atoms with E-state index in [1.807, 2.05) is 37.3 Å². The highest BCUT2D eigenvalue weighted by molar-refractivity contribution is 7.89. The molecule has 0 amide bonds. The maximum absolute atomic E-state index is 12.6. The van der Waals surface area contributed by atoms with Crippen LogP contribution in [0.25, 0.3) is 0 Å². The first-order valence-corrected chi connectivity index (χ1v) is 8.02. The molecule has 0 unspecified atom stereocenters. The van der Waals surface area contributed by atoms with E-state index >= 15 is 0 Å². The fourth-order valence-corrected chi connectivity index (χ4v) is 3.33. The largest absolute Gasteiger partial charge is 0.302 e. The predicted octanol–water partition coefficient (Wildman–Crippen LogP) is 2.38.